The molecule has 0 saturated heterocycles. The number of hydrogen-bond acceptors (Lipinski definition) is 5. The molecule has 172 valence electrons. The molecule has 0 N–H and O–H groups in total. The number of benzene rings is 2. The molecule has 0 fully saturated rings. The molecule has 1 atom stereocenters. The maximum Gasteiger partial charge on any atom is 0.250 e. The minimum absolute atomic E-state index is 0.0659. The lowest BCUT2D eigenvalue weighted by Gasteiger charge is -2.16. The molecule has 4 rings (SSSR count). The monoisotopic (exact) mass is 501 g/mol. The molecular formula is C25H25Cl2N3O2S. The molecule has 33 heavy (non-hydrogen) atoms. The highest BCUT2D eigenvalue weighted by Crippen LogP contribution is 2.38. The van der Waals surface area contributed by atoms with Crippen molar-refractivity contribution in [2.75, 3.05) is 13.6 Å². The summed E-state index contributed by atoms with van der Waals surface area (Å²) in [7, 11) is 3.75. The summed E-state index contributed by atoms with van der Waals surface area (Å²) in [5.41, 5.74) is 6.35. The van der Waals surface area contributed by atoms with Crippen LogP contribution in [0.15, 0.2) is 58.4 Å². The Bertz CT molecular complexity index is 1290. The maximum absolute atomic E-state index is 12.5. The molecule has 0 saturated carbocycles. The smallest absolute Gasteiger partial charge is 0.250 e. The number of rotatable bonds is 6. The summed E-state index contributed by atoms with van der Waals surface area (Å²) >= 11 is 14.1. The van der Waals surface area contributed by atoms with Crippen LogP contribution in [0.5, 0.6) is 0 Å². The SMILES string of the molecule is CCN(C)SOCc1ccc2c(c1)-c1cn(C)c(=O)cc1[C@H](C)N=C2c1ccc(Cl)cc1Cl. The molecule has 1 aliphatic heterocycles. The van der Waals surface area contributed by atoms with Gasteiger partial charge in [0.05, 0.1) is 35.6 Å². The second-order valence-electron chi connectivity index (χ2n) is 8.03. The molecule has 1 aromatic heterocycles. The summed E-state index contributed by atoms with van der Waals surface area (Å²) in [5, 5.41) is 1.10. The van der Waals surface area contributed by atoms with Crippen molar-refractivity contribution in [1.82, 2.24) is 8.87 Å². The third-order valence-corrected chi connectivity index (χ3v) is 6.98. The molecule has 5 nitrogen and oxygen atoms in total. The fourth-order valence-corrected chi connectivity index (χ4v) is 4.76. The summed E-state index contributed by atoms with van der Waals surface area (Å²) in [6, 6.07) is 13.1. The van der Waals surface area contributed by atoms with Crippen LogP contribution in [-0.4, -0.2) is 28.2 Å². The highest BCUT2D eigenvalue weighted by Gasteiger charge is 2.25. The zero-order valence-electron chi connectivity index (χ0n) is 18.9. The van der Waals surface area contributed by atoms with Crippen molar-refractivity contribution in [3.05, 3.63) is 91.3 Å². The van der Waals surface area contributed by atoms with Gasteiger partial charge in [0.2, 0.25) is 0 Å². The number of pyridine rings is 1. The summed E-state index contributed by atoms with van der Waals surface area (Å²) in [4.78, 5) is 17.5. The van der Waals surface area contributed by atoms with Gasteiger partial charge in [-0.25, -0.2) is 4.31 Å². The Kier molecular flexibility index (Phi) is 7.31. The van der Waals surface area contributed by atoms with E-state index in [9.17, 15) is 4.79 Å². The van der Waals surface area contributed by atoms with Crippen LogP contribution < -0.4 is 5.56 Å². The molecule has 2 heterocycles. The van der Waals surface area contributed by atoms with Gasteiger partial charge in [0, 0.05) is 47.6 Å². The van der Waals surface area contributed by atoms with Crippen LogP contribution in [0, 0.1) is 0 Å². The van der Waals surface area contributed by atoms with Gasteiger partial charge < -0.3 is 4.57 Å². The number of nitrogens with zero attached hydrogens (tertiary/aromatic N) is 3. The van der Waals surface area contributed by atoms with Crippen LogP contribution in [0.25, 0.3) is 11.1 Å². The molecular weight excluding hydrogens is 477 g/mol. The number of aromatic nitrogens is 1. The van der Waals surface area contributed by atoms with E-state index in [1.165, 1.54) is 12.2 Å². The molecule has 0 radical (unpaired) electrons. The van der Waals surface area contributed by atoms with Gasteiger partial charge in [0.25, 0.3) is 5.56 Å². The first-order chi connectivity index (χ1) is 15.8. The van der Waals surface area contributed by atoms with E-state index in [0.29, 0.717) is 16.7 Å². The van der Waals surface area contributed by atoms with Crippen molar-refractivity contribution >= 4 is 41.1 Å². The zero-order chi connectivity index (χ0) is 23.7. The summed E-state index contributed by atoms with van der Waals surface area (Å²) in [6.07, 6.45) is 1.89. The second-order valence-corrected chi connectivity index (χ2v) is 9.88. The quantitative estimate of drug-likeness (QED) is 0.293. The molecule has 0 aliphatic carbocycles. The maximum atomic E-state index is 12.5. The van der Waals surface area contributed by atoms with E-state index in [1.54, 1.807) is 23.7 Å². The van der Waals surface area contributed by atoms with E-state index in [1.807, 2.05) is 42.7 Å². The molecule has 0 unspecified atom stereocenters. The van der Waals surface area contributed by atoms with Crippen molar-refractivity contribution in [3.63, 3.8) is 0 Å². The first-order valence-corrected chi connectivity index (χ1v) is 12.1. The zero-order valence-corrected chi connectivity index (χ0v) is 21.3. The lowest BCUT2D eigenvalue weighted by Crippen LogP contribution is -2.17. The van der Waals surface area contributed by atoms with Crippen molar-refractivity contribution < 1.29 is 4.18 Å². The summed E-state index contributed by atoms with van der Waals surface area (Å²) in [6.45, 7) is 5.40. The van der Waals surface area contributed by atoms with E-state index in [2.05, 4.69) is 19.1 Å². The molecule has 1 aliphatic rings. The second kappa shape index (κ2) is 10.0. The third kappa shape index (κ3) is 5.05. The summed E-state index contributed by atoms with van der Waals surface area (Å²) in [5.74, 6) is 0. The lowest BCUT2D eigenvalue weighted by molar-refractivity contribution is 0.341. The fraction of sp³-hybridized carbons (Fsp3) is 0.280. The number of aliphatic imine (C=N–C) groups is 1. The van der Waals surface area contributed by atoms with Crippen molar-refractivity contribution in [2.45, 2.75) is 26.5 Å². The van der Waals surface area contributed by atoms with Gasteiger partial charge in [-0.2, -0.15) is 0 Å². The van der Waals surface area contributed by atoms with Crippen molar-refractivity contribution in [1.29, 1.82) is 0 Å². The highest BCUT2D eigenvalue weighted by atomic mass is 35.5. The number of fused-ring (bicyclic) bond motifs is 3. The number of halogens is 2. The third-order valence-electron chi connectivity index (χ3n) is 5.70. The van der Waals surface area contributed by atoms with Crippen molar-refractivity contribution in [2.24, 2.45) is 12.0 Å². The predicted octanol–water partition coefficient (Wildman–Crippen LogP) is 6.30. The van der Waals surface area contributed by atoms with Crippen molar-refractivity contribution in [3.8, 4) is 11.1 Å². The largest absolute Gasteiger partial charge is 0.318 e. The Labute approximate surface area is 208 Å². The average molecular weight is 502 g/mol. The number of hydrogen-bond donors (Lipinski definition) is 0. The molecule has 0 bridgehead atoms. The van der Waals surface area contributed by atoms with Gasteiger partial charge in [-0.1, -0.05) is 42.3 Å². The topological polar surface area (TPSA) is 46.8 Å². The van der Waals surface area contributed by atoms with Crippen LogP contribution in [0.2, 0.25) is 10.0 Å². The van der Waals surface area contributed by atoms with E-state index < -0.39 is 0 Å². The first-order valence-electron chi connectivity index (χ1n) is 10.7. The van der Waals surface area contributed by atoms with Gasteiger partial charge in [-0.05, 0) is 54.9 Å². The van der Waals surface area contributed by atoms with Gasteiger partial charge in [0.1, 0.15) is 0 Å². The van der Waals surface area contributed by atoms with E-state index in [-0.39, 0.29) is 11.6 Å². The van der Waals surface area contributed by atoms with Crippen LogP contribution in [0.1, 0.15) is 42.1 Å². The average Bonchev–Trinajstić information content (AvgIpc) is 2.89. The fourth-order valence-electron chi connectivity index (χ4n) is 3.79. The lowest BCUT2D eigenvalue weighted by atomic mass is 9.91. The molecule has 3 aromatic rings. The Morgan fingerprint density at radius 3 is 2.58 bits per heavy atom. The Balaban J connectivity index is 1.87. The van der Waals surface area contributed by atoms with Crippen LogP contribution in [0.3, 0.4) is 0 Å². The molecule has 0 amide bonds. The van der Waals surface area contributed by atoms with E-state index >= 15 is 0 Å². The standard InChI is InChI=1S/C25H25Cl2N3O2S/c1-5-30(4)33-32-14-16-6-8-18-21(10-16)22-13-29(3)24(31)12-20(22)15(2)28-25(18)19-9-7-17(26)11-23(19)27/h6-13,15H,5,14H2,1-4H3/t15-/m0/s1. The predicted molar refractivity (Wildman–Crippen MR) is 138 cm³/mol. The molecule has 0 spiro atoms. The minimum atomic E-state index is -0.225. The van der Waals surface area contributed by atoms with E-state index in [0.717, 1.165) is 45.6 Å². The van der Waals surface area contributed by atoms with Crippen LogP contribution >= 0.6 is 35.4 Å². The van der Waals surface area contributed by atoms with E-state index in [4.69, 9.17) is 32.4 Å². The molecule has 8 heteroatoms. The number of aryl methyl sites for hydroxylation is 1. The minimum Gasteiger partial charge on any atom is -0.318 e. The highest BCUT2D eigenvalue weighted by molar-refractivity contribution is 7.92. The van der Waals surface area contributed by atoms with Gasteiger partial charge >= 0.3 is 0 Å². The van der Waals surface area contributed by atoms with Crippen LogP contribution in [-0.2, 0) is 17.8 Å². The normalized spacial score (nSPS) is 15.1. The Morgan fingerprint density at radius 1 is 1.09 bits per heavy atom. The summed E-state index contributed by atoms with van der Waals surface area (Å²) < 4.78 is 9.43. The molecule has 2 aromatic carbocycles. The Hall–Kier alpha value is -2.09. The van der Waals surface area contributed by atoms with Gasteiger partial charge in [-0.3, -0.25) is 14.0 Å². The first kappa shape index (κ1) is 24.0. The van der Waals surface area contributed by atoms with Gasteiger partial charge in [-0.15, -0.1) is 0 Å². The van der Waals surface area contributed by atoms with Crippen LogP contribution in [0.4, 0.5) is 0 Å². The Morgan fingerprint density at radius 2 is 1.85 bits per heavy atom. The van der Waals surface area contributed by atoms with Gasteiger partial charge in [0.15, 0.2) is 0 Å².